The maximum atomic E-state index is 5.92. The Morgan fingerprint density at radius 2 is 2.08 bits per heavy atom. The molecule has 0 radical (unpaired) electrons. The second-order valence-electron chi connectivity index (χ2n) is 6.37. The van der Waals surface area contributed by atoms with E-state index in [1.54, 1.807) is 11.3 Å². The van der Waals surface area contributed by atoms with Crippen LogP contribution < -0.4 is 5.32 Å². The van der Waals surface area contributed by atoms with Gasteiger partial charge in [0.05, 0.1) is 29.6 Å². The second-order valence-corrected chi connectivity index (χ2v) is 7.37. The lowest BCUT2D eigenvalue weighted by Gasteiger charge is -2.33. The Hall–Kier alpha value is -1.90. The Morgan fingerprint density at radius 3 is 2.76 bits per heavy atom. The maximum Gasteiger partial charge on any atom is 0.185 e. The van der Waals surface area contributed by atoms with Crippen molar-refractivity contribution in [3.05, 3.63) is 29.3 Å². The van der Waals surface area contributed by atoms with Gasteiger partial charge in [0.2, 0.25) is 0 Å². The Bertz CT molecular complexity index is 827. The molecule has 1 aliphatic rings. The normalized spacial score (nSPS) is 17.2. The smallest absolute Gasteiger partial charge is 0.185 e. The van der Waals surface area contributed by atoms with E-state index in [9.17, 15) is 0 Å². The zero-order valence-corrected chi connectivity index (χ0v) is 15.6. The van der Waals surface area contributed by atoms with E-state index in [2.05, 4.69) is 26.4 Å². The molecule has 0 aromatic carbocycles. The van der Waals surface area contributed by atoms with Crippen molar-refractivity contribution in [3.8, 4) is 0 Å². The van der Waals surface area contributed by atoms with E-state index in [4.69, 9.17) is 9.15 Å². The van der Waals surface area contributed by atoms with Gasteiger partial charge in [0.15, 0.2) is 10.8 Å². The second kappa shape index (κ2) is 6.78. The highest BCUT2D eigenvalue weighted by Crippen LogP contribution is 2.30. The molecule has 3 aromatic rings. The molecule has 8 heteroatoms. The first-order valence-corrected chi connectivity index (χ1v) is 9.35. The topological polar surface area (TPSA) is 68.4 Å². The molecule has 134 valence electrons. The molecule has 1 N–H and O–H groups in total. The van der Waals surface area contributed by atoms with Crippen LogP contribution in [0.1, 0.15) is 23.3 Å². The third-order valence-electron chi connectivity index (χ3n) is 4.57. The number of fused-ring (bicyclic) bond motifs is 1. The first-order chi connectivity index (χ1) is 12.1. The molecule has 7 nitrogen and oxygen atoms in total. The van der Waals surface area contributed by atoms with Crippen molar-refractivity contribution in [2.45, 2.75) is 19.9 Å². The fourth-order valence-electron chi connectivity index (χ4n) is 3.28. The van der Waals surface area contributed by atoms with Gasteiger partial charge in [-0.25, -0.2) is 9.67 Å². The van der Waals surface area contributed by atoms with Gasteiger partial charge in [-0.3, -0.25) is 4.90 Å². The molecule has 3 aromatic heterocycles. The van der Waals surface area contributed by atoms with Gasteiger partial charge >= 0.3 is 0 Å². The molecule has 0 saturated carbocycles. The van der Waals surface area contributed by atoms with E-state index in [1.807, 2.05) is 31.6 Å². The van der Waals surface area contributed by atoms with Crippen LogP contribution in [0.15, 0.2) is 16.5 Å². The number of hydrogen-bond donors (Lipinski definition) is 1. The van der Waals surface area contributed by atoms with Crippen molar-refractivity contribution in [1.29, 1.82) is 0 Å². The van der Waals surface area contributed by atoms with Crippen LogP contribution in [0.25, 0.3) is 10.3 Å². The summed E-state index contributed by atoms with van der Waals surface area (Å²) in [5.74, 6) is 1.93. The van der Waals surface area contributed by atoms with E-state index in [1.165, 1.54) is 0 Å². The van der Waals surface area contributed by atoms with Crippen LogP contribution in [-0.2, 0) is 11.8 Å². The quantitative estimate of drug-likeness (QED) is 0.754. The summed E-state index contributed by atoms with van der Waals surface area (Å²) in [5, 5.41) is 8.84. The van der Waals surface area contributed by atoms with Gasteiger partial charge in [-0.15, -0.1) is 0 Å². The van der Waals surface area contributed by atoms with Gasteiger partial charge in [-0.2, -0.15) is 5.10 Å². The molecule has 4 heterocycles. The Morgan fingerprint density at radius 1 is 1.28 bits per heavy atom. The number of hydrogen-bond acceptors (Lipinski definition) is 7. The first-order valence-electron chi connectivity index (χ1n) is 8.54. The fraction of sp³-hybridized carbons (Fsp3) is 0.529. The standard InChI is InChI=1S/C17H23N5O2S/c1-11-4-5-14(24-11)13(22-6-8-23-9-7-22)10-18-17-19-16-15(25-17)12(2)20-21(16)3/h4-5,13H,6-10H2,1-3H3,(H,18,19)/t13-/m1/s1. The minimum atomic E-state index is 0.170. The van der Waals surface area contributed by atoms with Crippen LogP contribution >= 0.6 is 11.3 Å². The monoisotopic (exact) mass is 361 g/mol. The number of anilines is 1. The molecule has 0 unspecified atom stereocenters. The number of furan rings is 1. The summed E-state index contributed by atoms with van der Waals surface area (Å²) >= 11 is 1.65. The van der Waals surface area contributed by atoms with Crippen LogP contribution in [0.5, 0.6) is 0 Å². The molecule has 0 amide bonds. The summed E-state index contributed by atoms with van der Waals surface area (Å²) in [6.07, 6.45) is 0. The van der Waals surface area contributed by atoms with Crippen molar-refractivity contribution in [3.63, 3.8) is 0 Å². The van der Waals surface area contributed by atoms with Gasteiger partial charge in [0, 0.05) is 26.7 Å². The lowest BCUT2D eigenvalue weighted by Crippen LogP contribution is -2.41. The summed E-state index contributed by atoms with van der Waals surface area (Å²) in [6.45, 7) is 8.11. The van der Waals surface area contributed by atoms with E-state index in [0.717, 1.165) is 65.5 Å². The van der Waals surface area contributed by atoms with Gasteiger partial charge in [0.1, 0.15) is 11.5 Å². The molecule has 0 aliphatic carbocycles. The summed E-state index contributed by atoms with van der Waals surface area (Å²) in [6, 6.07) is 4.27. The van der Waals surface area contributed by atoms with E-state index >= 15 is 0 Å². The first kappa shape index (κ1) is 16.6. The number of rotatable bonds is 5. The van der Waals surface area contributed by atoms with E-state index in [-0.39, 0.29) is 6.04 Å². The third kappa shape index (κ3) is 3.29. The van der Waals surface area contributed by atoms with Crippen molar-refractivity contribution < 1.29 is 9.15 Å². The summed E-state index contributed by atoms with van der Waals surface area (Å²) in [7, 11) is 1.93. The molecule has 25 heavy (non-hydrogen) atoms. The lowest BCUT2D eigenvalue weighted by atomic mass is 10.1. The number of nitrogens with zero attached hydrogens (tertiary/aromatic N) is 4. The molecular weight excluding hydrogens is 338 g/mol. The largest absolute Gasteiger partial charge is 0.465 e. The molecule has 0 bridgehead atoms. The van der Waals surface area contributed by atoms with Crippen LogP contribution in [0.4, 0.5) is 5.13 Å². The number of aryl methyl sites for hydroxylation is 3. The molecular formula is C17H23N5O2S. The van der Waals surface area contributed by atoms with E-state index in [0.29, 0.717) is 0 Å². The van der Waals surface area contributed by atoms with E-state index < -0.39 is 0 Å². The van der Waals surface area contributed by atoms with Crippen molar-refractivity contribution >= 4 is 26.8 Å². The number of ether oxygens (including phenoxy) is 1. The Kier molecular flexibility index (Phi) is 4.49. The average Bonchev–Trinajstić information content (AvgIpc) is 3.28. The zero-order chi connectivity index (χ0) is 17.4. The Labute approximate surface area is 150 Å². The molecule has 1 atom stereocenters. The van der Waals surface area contributed by atoms with Gasteiger partial charge < -0.3 is 14.5 Å². The molecule has 1 fully saturated rings. The van der Waals surface area contributed by atoms with Crippen LogP contribution in [-0.4, -0.2) is 52.5 Å². The highest BCUT2D eigenvalue weighted by Gasteiger charge is 2.25. The lowest BCUT2D eigenvalue weighted by molar-refractivity contribution is 0.0143. The van der Waals surface area contributed by atoms with Crippen molar-refractivity contribution in [2.75, 3.05) is 38.2 Å². The zero-order valence-electron chi connectivity index (χ0n) is 14.8. The molecule has 4 rings (SSSR count). The minimum Gasteiger partial charge on any atom is -0.465 e. The molecule has 0 spiro atoms. The number of aromatic nitrogens is 3. The predicted molar refractivity (Wildman–Crippen MR) is 98.2 cm³/mol. The summed E-state index contributed by atoms with van der Waals surface area (Å²) < 4.78 is 14.4. The highest BCUT2D eigenvalue weighted by molar-refractivity contribution is 7.22. The SMILES string of the molecule is Cc1ccc([C@@H](CNc2nc3c(s2)c(C)nn3C)N2CCOCC2)o1. The minimum absolute atomic E-state index is 0.170. The fourth-order valence-corrected chi connectivity index (χ4v) is 4.21. The van der Waals surface area contributed by atoms with Gasteiger partial charge in [0.25, 0.3) is 0 Å². The highest BCUT2D eigenvalue weighted by atomic mass is 32.1. The maximum absolute atomic E-state index is 5.92. The van der Waals surface area contributed by atoms with Crippen LogP contribution in [0.3, 0.4) is 0 Å². The van der Waals surface area contributed by atoms with Gasteiger partial charge in [-0.05, 0) is 26.0 Å². The summed E-state index contributed by atoms with van der Waals surface area (Å²) in [4.78, 5) is 7.09. The van der Waals surface area contributed by atoms with Crippen molar-refractivity contribution in [2.24, 2.45) is 7.05 Å². The number of thiazole rings is 1. The predicted octanol–water partition coefficient (Wildman–Crippen LogP) is 2.73. The third-order valence-corrected chi connectivity index (χ3v) is 5.68. The van der Waals surface area contributed by atoms with Gasteiger partial charge in [-0.1, -0.05) is 11.3 Å². The molecule has 1 aliphatic heterocycles. The number of nitrogens with one attached hydrogen (secondary N) is 1. The Balaban J connectivity index is 1.54. The molecule has 1 saturated heterocycles. The average molecular weight is 361 g/mol. The summed E-state index contributed by atoms with van der Waals surface area (Å²) in [5.41, 5.74) is 1.95. The van der Waals surface area contributed by atoms with Crippen LogP contribution in [0, 0.1) is 13.8 Å². The number of morpholine rings is 1. The van der Waals surface area contributed by atoms with Crippen molar-refractivity contribution in [1.82, 2.24) is 19.7 Å². The van der Waals surface area contributed by atoms with Crippen LogP contribution in [0.2, 0.25) is 0 Å².